The Labute approximate surface area is 127 Å². The molecule has 1 fully saturated rings. The van der Waals surface area contributed by atoms with E-state index < -0.39 is 10.0 Å². The first kappa shape index (κ1) is 15.5. The number of nitrogens with zero attached hydrogens (tertiary/aromatic N) is 1. The fraction of sp³-hybridized carbons (Fsp3) is 0.462. The Morgan fingerprint density at radius 3 is 2.60 bits per heavy atom. The highest BCUT2D eigenvalue weighted by Crippen LogP contribution is 2.27. The van der Waals surface area contributed by atoms with Crippen molar-refractivity contribution in [3.63, 3.8) is 0 Å². The van der Waals surface area contributed by atoms with Crippen molar-refractivity contribution in [2.75, 3.05) is 6.54 Å². The van der Waals surface area contributed by atoms with Gasteiger partial charge in [-0.3, -0.25) is 4.79 Å². The van der Waals surface area contributed by atoms with Gasteiger partial charge >= 0.3 is 0 Å². The quantitative estimate of drug-likeness (QED) is 0.875. The smallest absolute Gasteiger partial charge is 0.254 e. The number of hydrogen-bond acceptors (Lipinski definition) is 3. The standard InChI is InChI=1S/C13H17BrN2O3S/c1-8-4-3-5-16(8)13(17)11-6-10(14)7-12(9(11)2)20(15,18)19/h6-8H,3-5H2,1-2H3,(H2,15,18,19). The average Bonchev–Trinajstić information content (AvgIpc) is 2.75. The third kappa shape index (κ3) is 2.89. The molecule has 110 valence electrons. The molecule has 0 aromatic heterocycles. The highest BCUT2D eigenvalue weighted by molar-refractivity contribution is 9.10. The summed E-state index contributed by atoms with van der Waals surface area (Å²) in [5, 5.41) is 5.20. The normalized spacial score (nSPS) is 19.4. The molecule has 1 aromatic rings. The zero-order valence-electron chi connectivity index (χ0n) is 11.4. The van der Waals surface area contributed by atoms with Gasteiger partial charge in [0.25, 0.3) is 5.91 Å². The first-order valence-corrected chi connectivity index (χ1v) is 8.69. The van der Waals surface area contributed by atoms with Crippen LogP contribution in [0.2, 0.25) is 0 Å². The van der Waals surface area contributed by atoms with Crippen LogP contribution in [0.3, 0.4) is 0 Å². The first-order valence-electron chi connectivity index (χ1n) is 6.35. The average molecular weight is 361 g/mol. The van der Waals surface area contributed by atoms with E-state index in [1.165, 1.54) is 6.07 Å². The second-order valence-corrected chi connectivity index (χ2v) is 7.56. The lowest BCUT2D eigenvalue weighted by Gasteiger charge is -2.23. The first-order chi connectivity index (χ1) is 9.21. The van der Waals surface area contributed by atoms with Gasteiger partial charge in [0.15, 0.2) is 0 Å². The van der Waals surface area contributed by atoms with E-state index in [0.717, 1.165) is 12.8 Å². The molecule has 0 saturated carbocycles. The lowest BCUT2D eigenvalue weighted by molar-refractivity contribution is 0.0746. The van der Waals surface area contributed by atoms with E-state index in [4.69, 9.17) is 5.14 Å². The van der Waals surface area contributed by atoms with E-state index in [0.29, 0.717) is 22.1 Å². The molecule has 1 aliphatic heterocycles. The van der Waals surface area contributed by atoms with Gasteiger partial charge in [0.2, 0.25) is 10.0 Å². The number of hydrogen-bond donors (Lipinski definition) is 1. The Morgan fingerprint density at radius 2 is 2.10 bits per heavy atom. The van der Waals surface area contributed by atoms with Gasteiger partial charge < -0.3 is 4.90 Å². The van der Waals surface area contributed by atoms with Crippen LogP contribution in [0.5, 0.6) is 0 Å². The zero-order valence-corrected chi connectivity index (χ0v) is 13.8. The summed E-state index contributed by atoms with van der Waals surface area (Å²) in [5.41, 5.74) is 0.789. The summed E-state index contributed by atoms with van der Waals surface area (Å²) in [4.78, 5) is 14.3. The Kier molecular flexibility index (Phi) is 4.22. The molecule has 1 amide bonds. The number of carbonyl (C=O) groups excluding carboxylic acids is 1. The van der Waals surface area contributed by atoms with Gasteiger partial charge in [-0.05, 0) is 44.4 Å². The minimum absolute atomic E-state index is 0.0120. The van der Waals surface area contributed by atoms with Crippen LogP contribution in [0.4, 0.5) is 0 Å². The summed E-state index contributed by atoms with van der Waals surface area (Å²) in [7, 11) is -3.85. The topological polar surface area (TPSA) is 80.5 Å². The van der Waals surface area contributed by atoms with E-state index in [9.17, 15) is 13.2 Å². The van der Waals surface area contributed by atoms with Crippen molar-refractivity contribution in [3.05, 3.63) is 27.7 Å². The van der Waals surface area contributed by atoms with E-state index in [2.05, 4.69) is 15.9 Å². The lowest BCUT2D eigenvalue weighted by atomic mass is 10.1. The molecular formula is C13H17BrN2O3S. The van der Waals surface area contributed by atoms with E-state index in [1.54, 1.807) is 17.9 Å². The molecule has 1 saturated heterocycles. The molecule has 20 heavy (non-hydrogen) atoms. The number of nitrogens with two attached hydrogens (primary N) is 1. The van der Waals surface area contributed by atoms with Crippen molar-refractivity contribution in [1.82, 2.24) is 4.90 Å². The van der Waals surface area contributed by atoms with Crippen molar-refractivity contribution in [2.45, 2.75) is 37.6 Å². The maximum absolute atomic E-state index is 12.6. The summed E-state index contributed by atoms with van der Waals surface area (Å²) < 4.78 is 23.7. The third-order valence-corrected chi connectivity index (χ3v) is 5.17. The summed E-state index contributed by atoms with van der Waals surface area (Å²) in [6.45, 7) is 4.32. The van der Waals surface area contributed by atoms with Crippen molar-refractivity contribution >= 4 is 31.9 Å². The summed E-state index contributed by atoms with van der Waals surface area (Å²) in [5.74, 6) is -0.140. The second kappa shape index (κ2) is 5.46. The Hall–Kier alpha value is -0.920. The van der Waals surface area contributed by atoms with Crippen LogP contribution in [0.1, 0.15) is 35.7 Å². The predicted molar refractivity (Wildman–Crippen MR) is 80.0 cm³/mol. The second-order valence-electron chi connectivity index (χ2n) is 5.11. The van der Waals surface area contributed by atoms with Crippen molar-refractivity contribution in [2.24, 2.45) is 5.14 Å². The van der Waals surface area contributed by atoms with Crippen LogP contribution in [0.15, 0.2) is 21.5 Å². The highest BCUT2D eigenvalue weighted by Gasteiger charge is 2.28. The number of benzene rings is 1. The van der Waals surface area contributed by atoms with E-state index in [1.807, 2.05) is 6.92 Å². The number of sulfonamides is 1. The molecule has 2 rings (SSSR count). The van der Waals surface area contributed by atoms with Gasteiger partial charge in [-0.15, -0.1) is 0 Å². The maximum atomic E-state index is 12.6. The largest absolute Gasteiger partial charge is 0.336 e. The van der Waals surface area contributed by atoms with Gasteiger partial charge in [-0.1, -0.05) is 15.9 Å². The lowest BCUT2D eigenvalue weighted by Crippen LogP contribution is -2.34. The number of amides is 1. The van der Waals surface area contributed by atoms with Gasteiger partial charge in [-0.25, -0.2) is 13.6 Å². The number of primary sulfonamides is 1. The van der Waals surface area contributed by atoms with Crippen molar-refractivity contribution in [1.29, 1.82) is 0 Å². The zero-order chi connectivity index (χ0) is 15.1. The summed E-state index contributed by atoms with van der Waals surface area (Å²) in [6.07, 6.45) is 1.95. The molecule has 1 aliphatic rings. The molecule has 1 atom stereocenters. The molecule has 5 nitrogen and oxygen atoms in total. The van der Waals surface area contributed by atoms with Crippen molar-refractivity contribution in [3.8, 4) is 0 Å². The van der Waals surface area contributed by atoms with Gasteiger partial charge in [0.05, 0.1) is 4.90 Å². The van der Waals surface area contributed by atoms with Crippen LogP contribution in [0, 0.1) is 6.92 Å². The SMILES string of the molecule is Cc1c(C(=O)N2CCCC2C)cc(Br)cc1S(N)(=O)=O. The van der Waals surface area contributed by atoms with Gasteiger partial charge in [0, 0.05) is 22.6 Å². The molecule has 1 aromatic carbocycles. The molecule has 2 N–H and O–H groups in total. The fourth-order valence-electron chi connectivity index (χ4n) is 2.56. The number of rotatable bonds is 2. The predicted octanol–water partition coefficient (Wildman–Crippen LogP) is 2.03. The summed E-state index contributed by atoms with van der Waals surface area (Å²) >= 11 is 3.24. The molecule has 0 aliphatic carbocycles. The molecule has 7 heteroatoms. The Morgan fingerprint density at radius 1 is 1.45 bits per heavy atom. The Balaban J connectivity index is 2.52. The van der Waals surface area contributed by atoms with Crippen LogP contribution in [0.25, 0.3) is 0 Å². The van der Waals surface area contributed by atoms with Crippen LogP contribution >= 0.6 is 15.9 Å². The fourth-order valence-corrected chi connectivity index (χ4v) is 4.00. The summed E-state index contributed by atoms with van der Waals surface area (Å²) in [6, 6.07) is 3.26. The third-order valence-electron chi connectivity index (χ3n) is 3.68. The van der Waals surface area contributed by atoms with Crippen LogP contribution in [-0.4, -0.2) is 31.8 Å². The highest BCUT2D eigenvalue weighted by atomic mass is 79.9. The van der Waals surface area contributed by atoms with Crippen LogP contribution < -0.4 is 5.14 Å². The molecule has 0 radical (unpaired) electrons. The minimum Gasteiger partial charge on any atom is -0.336 e. The Bertz CT molecular complexity index is 658. The number of likely N-dealkylation sites (tertiary alicyclic amines) is 1. The molecular weight excluding hydrogens is 344 g/mol. The van der Waals surface area contributed by atoms with Gasteiger partial charge in [-0.2, -0.15) is 0 Å². The molecule has 0 spiro atoms. The monoisotopic (exact) mass is 360 g/mol. The molecule has 1 unspecified atom stereocenters. The molecule has 0 bridgehead atoms. The van der Waals surface area contributed by atoms with Crippen LogP contribution in [-0.2, 0) is 10.0 Å². The van der Waals surface area contributed by atoms with E-state index >= 15 is 0 Å². The van der Waals surface area contributed by atoms with Gasteiger partial charge in [0.1, 0.15) is 0 Å². The number of carbonyl (C=O) groups is 1. The van der Waals surface area contributed by atoms with E-state index in [-0.39, 0.29) is 16.8 Å². The maximum Gasteiger partial charge on any atom is 0.254 e. The molecule has 1 heterocycles. The number of halogens is 1. The van der Waals surface area contributed by atoms with Crippen molar-refractivity contribution < 1.29 is 13.2 Å². The minimum atomic E-state index is -3.85.